The molecule has 192 valence electrons. The van der Waals surface area contributed by atoms with Crippen molar-refractivity contribution in [3.63, 3.8) is 0 Å². The van der Waals surface area contributed by atoms with Crippen molar-refractivity contribution in [2.24, 2.45) is 0 Å². The molecule has 1 atom stereocenters. The van der Waals surface area contributed by atoms with Crippen LogP contribution in [-0.2, 0) is 6.42 Å². The van der Waals surface area contributed by atoms with Crippen molar-refractivity contribution in [1.29, 1.82) is 0 Å². The highest BCUT2D eigenvalue weighted by Crippen LogP contribution is 2.30. The number of rotatable bonds is 9. The molecule has 9 heteroatoms. The second kappa shape index (κ2) is 11.5. The highest BCUT2D eigenvalue weighted by atomic mass is 35.5. The van der Waals surface area contributed by atoms with E-state index in [9.17, 15) is 14.7 Å². The van der Waals surface area contributed by atoms with E-state index >= 15 is 0 Å². The van der Waals surface area contributed by atoms with Crippen LogP contribution in [0.4, 0.5) is 0 Å². The van der Waals surface area contributed by atoms with Crippen LogP contribution in [0.2, 0.25) is 5.02 Å². The molecule has 4 N–H and O–H groups in total. The number of nitrogens with zero attached hydrogens (tertiary/aromatic N) is 1. The lowest BCUT2D eigenvalue weighted by molar-refractivity contribution is 0.0909. The third-order valence-electron chi connectivity index (χ3n) is 5.95. The maximum atomic E-state index is 13.4. The third-order valence-corrected chi connectivity index (χ3v) is 6.26. The van der Waals surface area contributed by atoms with Gasteiger partial charge in [-0.3, -0.25) is 14.6 Å². The first-order chi connectivity index (χ1) is 17.8. The van der Waals surface area contributed by atoms with Crippen molar-refractivity contribution in [3.05, 3.63) is 82.8 Å². The van der Waals surface area contributed by atoms with Gasteiger partial charge in [-0.25, -0.2) is 0 Å². The molecule has 0 bridgehead atoms. The quantitative estimate of drug-likeness (QED) is 0.261. The summed E-state index contributed by atoms with van der Waals surface area (Å²) >= 11 is 6.35. The predicted octanol–water partition coefficient (Wildman–Crippen LogP) is 4.36. The van der Waals surface area contributed by atoms with Gasteiger partial charge < -0.3 is 25.5 Å². The fraction of sp³-hybridized carbons (Fsp3) is 0.250. The van der Waals surface area contributed by atoms with E-state index in [-0.39, 0.29) is 24.5 Å². The van der Waals surface area contributed by atoms with Crippen molar-refractivity contribution < 1.29 is 19.4 Å². The number of benzene rings is 2. The maximum absolute atomic E-state index is 13.4. The SMILES string of the molecule is CNC(=O)c1ccc(-c2ccc(OC(C)C)c(C(=O)NC(CO)Cc3c[nH]c4cnccc34)c2)cc1Cl. The van der Waals surface area contributed by atoms with E-state index < -0.39 is 6.04 Å². The lowest BCUT2D eigenvalue weighted by Gasteiger charge is -2.19. The molecule has 0 aliphatic rings. The van der Waals surface area contributed by atoms with E-state index in [2.05, 4.69) is 20.6 Å². The Morgan fingerprint density at radius 2 is 1.84 bits per heavy atom. The van der Waals surface area contributed by atoms with Crippen LogP contribution in [0, 0.1) is 0 Å². The van der Waals surface area contributed by atoms with Crippen LogP contribution in [0.1, 0.15) is 40.1 Å². The molecular weight excluding hydrogens is 492 g/mol. The van der Waals surface area contributed by atoms with Crippen LogP contribution >= 0.6 is 11.6 Å². The largest absolute Gasteiger partial charge is 0.490 e. The van der Waals surface area contributed by atoms with Gasteiger partial charge in [0.15, 0.2) is 0 Å². The van der Waals surface area contributed by atoms with Crippen LogP contribution in [-0.4, -0.2) is 52.7 Å². The Labute approximate surface area is 220 Å². The second-order valence-electron chi connectivity index (χ2n) is 8.94. The average molecular weight is 521 g/mol. The van der Waals surface area contributed by atoms with E-state index in [1.807, 2.05) is 32.2 Å². The molecule has 0 saturated heterocycles. The molecule has 0 aliphatic heterocycles. The van der Waals surface area contributed by atoms with Gasteiger partial charge in [0.05, 0.1) is 46.6 Å². The lowest BCUT2D eigenvalue weighted by Crippen LogP contribution is -2.39. The summed E-state index contributed by atoms with van der Waals surface area (Å²) in [6, 6.07) is 11.8. The Balaban J connectivity index is 1.62. The first kappa shape index (κ1) is 26.2. The van der Waals surface area contributed by atoms with Crippen LogP contribution < -0.4 is 15.4 Å². The number of halogens is 1. The zero-order valence-electron chi connectivity index (χ0n) is 20.8. The molecule has 0 aliphatic carbocycles. The number of aromatic amines is 1. The lowest BCUT2D eigenvalue weighted by atomic mass is 10.00. The molecule has 2 amide bonds. The molecule has 0 radical (unpaired) electrons. The number of aliphatic hydroxyl groups excluding tert-OH is 1. The Hall–Kier alpha value is -3.88. The van der Waals surface area contributed by atoms with Gasteiger partial charge >= 0.3 is 0 Å². The number of aliphatic hydroxyl groups is 1. The molecule has 4 aromatic rings. The van der Waals surface area contributed by atoms with Gasteiger partial charge in [0, 0.05) is 24.8 Å². The summed E-state index contributed by atoms with van der Waals surface area (Å²) in [4.78, 5) is 32.7. The standard InChI is InChI=1S/C28H29ClN4O4/c1-16(2)37-26-7-5-17(18-4-6-22(24(29)12-18)27(35)30-3)11-23(26)28(36)33-20(15-34)10-19-13-32-25-14-31-9-8-21(19)25/h4-9,11-14,16,20,32,34H,10,15H2,1-3H3,(H,30,35)(H,33,36). The van der Waals surface area contributed by atoms with Gasteiger partial charge in [0.2, 0.25) is 0 Å². The van der Waals surface area contributed by atoms with Gasteiger partial charge in [-0.1, -0.05) is 23.7 Å². The highest BCUT2D eigenvalue weighted by Gasteiger charge is 2.20. The smallest absolute Gasteiger partial charge is 0.255 e. The summed E-state index contributed by atoms with van der Waals surface area (Å²) in [6.07, 6.45) is 5.59. The fourth-order valence-electron chi connectivity index (χ4n) is 4.15. The molecule has 1 unspecified atom stereocenters. The van der Waals surface area contributed by atoms with Crippen LogP contribution in [0.25, 0.3) is 22.0 Å². The number of carbonyl (C=O) groups excluding carboxylic acids is 2. The maximum Gasteiger partial charge on any atom is 0.255 e. The fourth-order valence-corrected chi connectivity index (χ4v) is 4.41. The van der Waals surface area contributed by atoms with Crippen molar-refractivity contribution in [2.45, 2.75) is 32.4 Å². The molecule has 0 fully saturated rings. The molecule has 0 spiro atoms. The number of aromatic nitrogens is 2. The van der Waals surface area contributed by atoms with E-state index in [0.717, 1.165) is 27.6 Å². The Morgan fingerprint density at radius 3 is 2.54 bits per heavy atom. The van der Waals surface area contributed by atoms with Crippen molar-refractivity contribution >= 4 is 34.3 Å². The van der Waals surface area contributed by atoms with Gasteiger partial charge in [-0.15, -0.1) is 0 Å². The van der Waals surface area contributed by atoms with Crippen LogP contribution in [0.15, 0.2) is 61.1 Å². The number of pyridine rings is 1. The Morgan fingerprint density at radius 1 is 1.08 bits per heavy atom. The first-order valence-electron chi connectivity index (χ1n) is 11.9. The third kappa shape index (κ3) is 5.93. The van der Waals surface area contributed by atoms with Crippen molar-refractivity contribution in [3.8, 4) is 16.9 Å². The van der Waals surface area contributed by atoms with Crippen molar-refractivity contribution in [1.82, 2.24) is 20.6 Å². The monoisotopic (exact) mass is 520 g/mol. The summed E-state index contributed by atoms with van der Waals surface area (Å²) in [5.41, 5.74) is 4.03. The van der Waals surface area contributed by atoms with E-state index in [0.29, 0.717) is 28.3 Å². The van der Waals surface area contributed by atoms with E-state index in [1.54, 1.807) is 49.8 Å². The van der Waals surface area contributed by atoms with Gasteiger partial charge in [0.1, 0.15) is 5.75 Å². The zero-order chi connectivity index (χ0) is 26.5. The summed E-state index contributed by atoms with van der Waals surface area (Å²) in [5, 5.41) is 16.8. The second-order valence-corrected chi connectivity index (χ2v) is 9.35. The number of nitrogens with one attached hydrogen (secondary N) is 3. The average Bonchev–Trinajstić information content (AvgIpc) is 3.30. The number of fused-ring (bicyclic) bond motifs is 1. The normalized spacial score (nSPS) is 11.9. The molecule has 37 heavy (non-hydrogen) atoms. The van der Waals surface area contributed by atoms with Crippen LogP contribution in [0.3, 0.4) is 0 Å². The molecule has 4 rings (SSSR count). The van der Waals surface area contributed by atoms with Gasteiger partial charge in [0.25, 0.3) is 11.8 Å². The summed E-state index contributed by atoms with van der Waals surface area (Å²) in [6.45, 7) is 3.53. The number of carbonyl (C=O) groups is 2. The molecule has 2 aromatic heterocycles. The predicted molar refractivity (Wildman–Crippen MR) is 144 cm³/mol. The van der Waals surface area contributed by atoms with Gasteiger partial charge in [-0.2, -0.15) is 0 Å². The number of hydrogen-bond acceptors (Lipinski definition) is 5. The topological polar surface area (TPSA) is 116 Å². The summed E-state index contributed by atoms with van der Waals surface area (Å²) < 4.78 is 5.91. The summed E-state index contributed by atoms with van der Waals surface area (Å²) in [5.74, 6) is -0.218. The zero-order valence-corrected chi connectivity index (χ0v) is 21.6. The molecular formula is C28H29ClN4O4. The minimum absolute atomic E-state index is 0.146. The Kier molecular flexibility index (Phi) is 8.11. The summed E-state index contributed by atoms with van der Waals surface area (Å²) in [7, 11) is 1.54. The Bertz CT molecular complexity index is 1430. The van der Waals surface area contributed by atoms with Crippen molar-refractivity contribution in [2.75, 3.05) is 13.7 Å². The first-order valence-corrected chi connectivity index (χ1v) is 12.3. The number of hydrogen-bond donors (Lipinski definition) is 4. The van der Waals surface area contributed by atoms with Crippen LogP contribution in [0.5, 0.6) is 5.75 Å². The molecule has 0 saturated carbocycles. The molecule has 8 nitrogen and oxygen atoms in total. The highest BCUT2D eigenvalue weighted by molar-refractivity contribution is 6.34. The number of ether oxygens (including phenoxy) is 1. The minimum Gasteiger partial charge on any atom is -0.490 e. The number of H-pyrrole nitrogens is 1. The molecule has 2 aromatic carbocycles. The van der Waals surface area contributed by atoms with Gasteiger partial charge in [-0.05, 0) is 67.3 Å². The minimum atomic E-state index is -0.517. The molecule has 2 heterocycles. The van der Waals surface area contributed by atoms with E-state index in [4.69, 9.17) is 16.3 Å². The number of amides is 2. The van der Waals surface area contributed by atoms with E-state index in [1.165, 1.54) is 0 Å².